The summed E-state index contributed by atoms with van der Waals surface area (Å²) in [5, 5.41) is 3.76. The Morgan fingerprint density at radius 3 is 2.62 bits per heavy atom. The van der Waals surface area contributed by atoms with E-state index in [9.17, 15) is 4.79 Å². The third kappa shape index (κ3) is 4.04. The molecule has 1 N–H and O–H groups in total. The summed E-state index contributed by atoms with van der Waals surface area (Å²) in [5.74, 6) is 1.58. The molecule has 2 aromatic carbocycles. The standard InChI is InChI=1S/C17H15Cl2NO4/c1-10(11-2-3-15-16(4-11)24-9-23-15)20-17(21)8-22-14-6-12(18)5-13(19)7-14/h2-7,10H,8-9H2,1H3,(H,20,21)/t10-/m0/s1. The second kappa shape index (κ2) is 7.20. The van der Waals surface area contributed by atoms with Crippen LogP contribution in [0.2, 0.25) is 10.0 Å². The van der Waals surface area contributed by atoms with E-state index in [0.29, 0.717) is 27.3 Å². The van der Waals surface area contributed by atoms with Gasteiger partial charge in [-0.3, -0.25) is 4.79 Å². The molecule has 24 heavy (non-hydrogen) atoms. The second-order valence-corrected chi connectivity index (χ2v) is 6.17. The first kappa shape index (κ1) is 16.7. The minimum atomic E-state index is -0.253. The van der Waals surface area contributed by atoms with E-state index in [1.54, 1.807) is 18.2 Å². The van der Waals surface area contributed by atoms with Gasteiger partial charge < -0.3 is 19.5 Å². The zero-order valence-corrected chi connectivity index (χ0v) is 14.4. The van der Waals surface area contributed by atoms with Crippen molar-refractivity contribution in [2.24, 2.45) is 0 Å². The maximum absolute atomic E-state index is 12.0. The van der Waals surface area contributed by atoms with Gasteiger partial charge in [-0.15, -0.1) is 0 Å². The Kier molecular flexibility index (Phi) is 5.02. The molecule has 1 aliphatic rings. The van der Waals surface area contributed by atoms with Crippen LogP contribution in [0.25, 0.3) is 0 Å². The number of carbonyl (C=O) groups excluding carboxylic acids is 1. The lowest BCUT2D eigenvalue weighted by Crippen LogP contribution is -2.31. The topological polar surface area (TPSA) is 56.8 Å². The molecular formula is C17H15Cl2NO4. The van der Waals surface area contributed by atoms with Gasteiger partial charge in [0.25, 0.3) is 5.91 Å². The lowest BCUT2D eigenvalue weighted by atomic mass is 10.1. The number of amides is 1. The van der Waals surface area contributed by atoms with Crippen molar-refractivity contribution in [3.05, 3.63) is 52.0 Å². The first-order valence-electron chi connectivity index (χ1n) is 7.29. The Morgan fingerprint density at radius 1 is 1.17 bits per heavy atom. The molecular weight excluding hydrogens is 353 g/mol. The highest BCUT2D eigenvalue weighted by molar-refractivity contribution is 6.34. The van der Waals surface area contributed by atoms with E-state index in [1.807, 2.05) is 25.1 Å². The van der Waals surface area contributed by atoms with Crippen LogP contribution >= 0.6 is 23.2 Å². The molecule has 0 saturated carbocycles. The average molecular weight is 368 g/mol. The number of ether oxygens (including phenoxy) is 3. The van der Waals surface area contributed by atoms with Crippen molar-refractivity contribution < 1.29 is 19.0 Å². The van der Waals surface area contributed by atoms with E-state index in [1.165, 1.54) is 0 Å². The molecule has 3 rings (SSSR count). The van der Waals surface area contributed by atoms with Crippen molar-refractivity contribution in [1.82, 2.24) is 5.32 Å². The van der Waals surface area contributed by atoms with Crippen molar-refractivity contribution in [3.8, 4) is 17.2 Å². The molecule has 126 valence electrons. The summed E-state index contributed by atoms with van der Waals surface area (Å²) >= 11 is 11.8. The van der Waals surface area contributed by atoms with Crippen LogP contribution in [0.3, 0.4) is 0 Å². The highest BCUT2D eigenvalue weighted by Crippen LogP contribution is 2.34. The predicted octanol–water partition coefficient (Wildman–Crippen LogP) is 3.98. The zero-order valence-electron chi connectivity index (χ0n) is 12.8. The summed E-state index contributed by atoms with van der Waals surface area (Å²) in [6.07, 6.45) is 0. The van der Waals surface area contributed by atoms with Crippen LogP contribution in [0.1, 0.15) is 18.5 Å². The largest absolute Gasteiger partial charge is 0.484 e. The Bertz CT molecular complexity index is 746. The monoisotopic (exact) mass is 367 g/mol. The number of rotatable bonds is 5. The van der Waals surface area contributed by atoms with Crippen molar-refractivity contribution >= 4 is 29.1 Å². The highest BCUT2D eigenvalue weighted by atomic mass is 35.5. The Balaban J connectivity index is 1.56. The summed E-state index contributed by atoms with van der Waals surface area (Å²) in [6.45, 7) is 1.97. The van der Waals surface area contributed by atoms with Gasteiger partial charge in [-0.1, -0.05) is 29.3 Å². The van der Waals surface area contributed by atoms with E-state index in [0.717, 1.165) is 5.56 Å². The van der Waals surface area contributed by atoms with Gasteiger partial charge in [-0.05, 0) is 42.8 Å². The first-order chi connectivity index (χ1) is 11.5. The van der Waals surface area contributed by atoms with Crippen LogP contribution < -0.4 is 19.5 Å². The van der Waals surface area contributed by atoms with Crippen LogP contribution in [0.15, 0.2) is 36.4 Å². The smallest absolute Gasteiger partial charge is 0.258 e. The van der Waals surface area contributed by atoms with Crippen LogP contribution in [-0.2, 0) is 4.79 Å². The van der Waals surface area contributed by atoms with Gasteiger partial charge in [0.2, 0.25) is 6.79 Å². The van der Waals surface area contributed by atoms with E-state index in [4.69, 9.17) is 37.4 Å². The van der Waals surface area contributed by atoms with Crippen molar-refractivity contribution in [3.63, 3.8) is 0 Å². The summed E-state index contributed by atoms with van der Waals surface area (Å²) < 4.78 is 16.0. The Labute approximate surface area is 149 Å². The number of hydrogen-bond acceptors (Lipinski definition) is 4. The summed E-state index contributed by atoms with van der Waals surface area (Å²) in [4.78, 5) is 12.0. The van der Waals surface area contributed by atoms with Crippen LogP contribution in [0.5, 0.6) is 17.2 Å². The molecule has 5 nitrogen and oxygen atoms in total. The van der Waals surface area contributed by atoms with Gasteiger partial charge in [0.05, 0.1) is 6.04 Å². The Hall–Kier alpha value is -2.11. The minimum absolute atomic E-state index is 0.133. The zero-order chi connectivity index (χ0) is 17.1. The average Bonchev–Trinajstić information content (AvgIpc) is 2.99. The molecule has 1 aliphatic heterocycles. The molecule has 0 fully saturated rings. The lowest BCUT2D eigenvalue weighted by Gasteiger charge is -2.15. The molecule has 0 aromatic heterocycles. The van der Waals surface area contributed by atoms with Gasteiger partial charge in [0.1, 0.15) is 5.75 Å². The van der Waals surface area contributed by atoms with Crippen LogP contribution in [0, 0.1) is 0 Å². The van der Waals surface area contributed by atoms with Gasteiger partial charge in [0, 0.05) is 10.0 Å². The van der Waals surface area contributed by atoms with Crippen molar-refractivity contribution in [1.29, 1.82) is 0 Å². The van der Waals surface area contributed by atoms with Crippen LogP contribution in [-0.4, -0.2) is 19.3 Å². The molecule has 2 aromatic rings. The van der Waals surface area contributed by atoms with Gasteiger partial charge in [-0.25, -0.2) is 0 Å². The van der Waals surface area contributed by atoms with Gasteiger partial charge in [0.15, 0.2) is 18.1 Å². The number of carbonyl (C=O) groups is 1. The molecule has 0 aliphatic carbocycles. The van der Waals surface area contributed by atoms with Crippen molar-refractivity contribution in [2.75, 3.05) is 13.4 Å². The Morgan fingerprint density at radius 2 is 1.88 bits per heavy atom. The van der Waals surface area contributed by atoms with E-state index in [-0.39, 0.29) is 25.3 Å². The van der Waals surface area contributed by atoms with Crippen LogP contribution in [0.4, 0.5) is 0 Å². The third-order valence-electron chi connectivity index (χ3n) is 3.48. The third-order valence-corrected chi connectivity index (χ3v) is 3.92. The van der Waals surface area contributed by atoms with E-state index in [2.05, 4.69) is 5.32 Å². The fourth-order valence-electron chi connectivity index (χ4n) is 2.31. The summed E-state index contributed by atoms with van der Waals surface area (Å²) in [5.41, 5.74) is 0.915. The fourth-order valence-corrected chi connectivity index (χ4v) is 2.82. The van der Waals surface area contributed by atoms with E-state index >= 15 is 0 Å². The maximum Gasteiger partial charge on any atom is 0.258 e. The predicted molar refractivity (Wildman–Crippen MR) is 91.1 cm³/mol. The molecule has 7 heteroatoms. The highest BCUT2D eigenvalue weighted by Gasteiger charge is 2.17. The second-order valence-electron chi connectivity index (χ2n) is 5.30. The molecule has 0 saturated heterocycles. The number of halogens is 2. The quantitative estimate of drug-likeness (QED) is 0.868. The maximum atomic E-state index is 12.0. The number of nitrogens with one attached hydrogen (secondary N) is 1. The molecule has 0 unspecified atom stereocenters. The molecule has 0 radical (unpaired) electrons. The SMILES string of the molecule is C[C@H](NC(=O)COc1cc(Cl)cc(Cl)c1)c1ccc2c(c1)OCO2. The fraction of sp³-hybridized carbons (Fsp3) is 0.235. The van der Waals surface area contributed by atoms with Gasteiger partial charge >= 0.3 is 0 Å². The lowest BCUT2D eigenvalue weighted by molar-refractivity contribution is -0.123. The van der Waals surface area contributed by atoms with Crippen molar-refractivity contribution in [2.45, 2.75) is 13.0 Å². The molecule has 0 bridgehead atoms. The molecule has 1 amide bonds. The molecule has 1 heterocycles. The van der Waals surface area contributed by atoms with E-state index < -0.39 is 0 Å². The van der Waals surface area contributed by atoms with Gasteiger partial charge in [-0.2, -0.15) is 0 Å². The normalized spacial score (nSPS) is 13.5. The molecule has 0 spiro atoms. The minimum Gasteiger partial charge on any atom is -0.484 e. The number of fused-ring (bicyclic) bond motifs is 1. The summed E-state index contributed by atoms with van der Waals surface area (Å²) in [6, 6.07) is 10.2. The number of hydrogen-bond donors (Lipinski definition) is 1. The first-order valence-corrected chi connectivity index (χ1v) is 8.04. The summed E-state index contributed by atoms with van der Waals surface area (Å²) in [7, 11) is 0. The number of benzene rings is 2. The molecule has 1 atom stereocenters.